The van der Waals surface area contributed by atoms with Crippen molar-refractivity contribution in [2.45, 2.75) is 25.2 Å². The minimum atomic E-state index is -0.671. The van der Waals surface area contributed by atoms with Gasteiger partial charge in [0.1, 0.15) is 5.76 Å². The van der Waals surface area contributed by atoms with E-state index in [1.807, 2.05) is 6.07 Å². The minimum Gasteiger partial charge on any atom is -0.457 e. The number of rotatable bonds is 1. The Morgan fingerprint density at radius 1 is 0.800 bits per heavy atom. The van der Waals surface area contributed by atoms with Crippen LogP contribution in [-0.4, -0.2) is 24.1 Å². The largest absolute Gasteiger partial charge is 0.457 e. The lowest BCUT2D eigenvalue weighted by Crippen LogP contribution is -2.34. The van der Waals surface area contributed by atoms with Crippen molar-refractivity contribution < 1.29 is 28.6 Å². The number of benzene rings is 2. The molecule has 148 valence electrons. The molecule has 0 bridgehead atoms. The van der Waals surface area contributed by atoms with Crippen LogP contribution in [0, 0.1) is 0 Å². The van der Waals surface area contributed by atoms with Crippen molar-refractivity contribution >= 4 is 17.3 Å². The molecule has 2 aromatic rings. The van der Waals surface area contributed by atoms with Crippen molar-refractivity contribution in [3.05, 3.63) is 81.8 Å². The summed E-state index contributed by atoms with van der Waals surface area (Å²) in [6.07, 6.45) is 1.61. The van der Waals surface area contributed by atoms with Gasteiger partial charge in [-0.25, -0.2) is 0 Å². The maximum atomic E-state index is 13.5. The Balaban J connectivity index is 1.59. The van der Waals surface area contributed by atoms with E-state index < -0.39 is 5.92 Å². The molecule has 0 fully saturated rings. The van der Waals surface area contributed by atoms with Crippen molar-refractivity contribution in [1.29, 1.82) is 0 Å². The van der Waals surface area contributed by atoms with Gasteiger partial charge in [0, 0.05) is 35.5 Å². The summed E-state index contributed by atoms with van der Waals surface area (Å²) >= 11 is 0. The number of carbonyl (C=O) groups is 3. The van der Waals surface area contributed by atoms with Gasteiger partial charge in [-0.05, 0) is 24.1 Å². The average molecular weight is 400 g/mol. The predicted molar refractivity (Wildman–Crippen MR) is 104 cm³/mol. The summed E-state index contributed by atoms with van der Waals surface area (Å²) < 4.78 is 16.9. The molecule has 2 aliphatic heterocycles. The highest BCUT2D eigenvalue weighted by molar-refractivity contribution is 6.27. The zero-order valence-electron chi connectivity index (χ0n) is 15.9. The molecule has 4 aliphatic rings. The second kappa shape index (κ2) is 6.16. The van der Waals surface area contributed by atoms with Crippen molar-refractivity contribution in [2.24, 2.45) is 0 Å². The Morgan fingerprint density at radius 3 is 2.40 bits per heavy atom. The van der Waals surface area contributed by atoms with Crippen LogP contribution in [0.4, 0.5) is 0 Å². The lowest BCUT2D eigenvalue weighted by Gasteiger charge is -2.35. The summed E-state index contributed by atoms with van der Waals surface area (Å²) in [6, 6.07) is 12.1. The van der Waals surface area contributed by atoms with Crippen LogP contribution in [0.15, 0.2) is 65.1 Å². The fraction of sp³-hybridized carbons (Fsp3) is 0.208. The first-order valence-corrected chi connectivity index (χ1v) is 9.89. The summed E-state index contributed by atoms with van der Waals surface area (Å²) in [5, 5.41) is 0. The van der Waals surface area contributed by atoms with Gasteiger partial charge in [-0.2, -0.15) is 0 Å². The molecule has 30 heavy (non-hydrogen) atoms. The highest BCUT2D eigenvalue weighted by atomic mass is 16.7. The van der Waals surface area contributed by atoms with E-state index >= 15 is 0 Å². The predicted octanol–water partition coefficient (Wildman–Crippen LogP) is 3.87. The van der Waals surface area contributed by atoms with Gasteiger partial charge >= 0.3 is 0 Å². The number of ether oxygens (including phenoxy) is 3. The van der Waals surface area contributed by atoms with Gasteiger partial charge in [0.2, 0.25) is 12.6 Å². The molecule has 0 spiro atoms. The molecule has 6 nitrogen and oxygen atoms in total. The molecule has 0 amide bonds. The van der Waals surface area contributed by atoms with Crippen molar-refractivity contribution in [3.63, 3.8) is 0 Å². The Morgan fingerprint density at radius 2 is 1.57 bits per heavy atom. The quantitative estimate of drug-likeness (QED) is 0.723. The van der Waals surface area contributed by atoms with Gasteiger partial charge in [-0.1, -0.05) is 30.3 Å². The SMILES string of the molecule is O=C1CCCC2=C1C(c1ccc3c(c1)OCO3)C1=C(O2)C(=O)c2ccccc2C1=O. The smallest absolute Gasteiger partial charge is 0.231 e. The molecule has 2 aliphatic carbocycles. The Bertz CT molecular complexity index is 1230. The molecule has 0 aromatic heterocycles. The molecule has 0 N–H and O–H groups in total. The van der Waals surface area contributed by atoms with Gasteiger partial charge < -0.3 is 14.2 Å². The fourth-order valence-electron chi connectivity index (χ4n) is 4.69. The number of Topliss-reactive ketones (excluding diaryl/α,β-unsaturated/α-hetero) is 3. The zero-order chi connectivity index (χ0) is 20.4. The number of fused-ring (bicyclic) bond motifs is 2. The molecule has 0 radical (unpaired) electrons. The standard InChI is InChI=1S/C24H16O6/c25-15-6-3-7-17-20(15)19(12-8-9-16-18(10-12)29-11-28-16)21-22(26)13-4-1-2-5-14(13)23(27)24(21)30-17/h1-2,4-5,8-10,19H,3,6-7,11H2. The molecular formula is C24H16O6. The van der Waals surface area contributed by atoms with E-state index in [0.29, 0.717) is 58.8 Å². The van der Waals surface area contributed by atoms with E-state index in [1.54, 1.807) is 36.4 Å². The maximum absolute atomic E-state index is 13.5. The van der Waals surface area contributed by atoms with Crippen molar-refractivity contribution in [2.75, 3.05) is 6.79 Å². The summed E-state index contributed by atoms with van der Waals surface area (Å²) in [7, 11) is 0. The number of hydrogen-bond donors (Lipinski definition) is 0. The first kappa shape index (κ1) is 17.2. The van der Waals surface area contributed by atoms with E-state index in [0.717, 1.165) is 0 Å². The van der Waals surface area contributed by atoms with Crippen molar-refractivity contribution in [1.82, 2.24) is 0 Å². The van der Waals surface area contributed by atoms with E-state index in [4.69, 9.17) is 14.2 Å². The maximum Gasteiger partial charge on any atom is 0.231 e. The van der Waals surface area contributed by atoms with Crippen LogP contribution < -0.4 is 9.47 Å². The van der Waals surface area contributed by atoms with Gasteiger partial charge in [0.05, 0.1) is 5.57 Å². The zero-order valence-corrected chi connectivity index (χ0v) is 15.9. The van der Waals surface area contributed by atoms with Crippen LogP contribution in [0.2, 0.25) is 0 Å². The lowest BCUT2D eigenvalue weighted by atomic mass is 9.71. The summed E-state index contributed by atoms with van der Waals surface area (Å²) in [5.74, 6) is 0.369. The summed E-state index contributed by atoms with van der Waals surface area (Å²) in [5.41, 5.74) is 2.07. The second-order valence-electron chi connectivity index (χ2n) is 7.71. The number of hydrogen-bond acceptors (Lipinski definition) is 6. The van der Waals surface area contributed by atoms with Gasteiger partial charge in [0.25, 0.3) is 0 Å². The fourth-order valence-corrected chi connectivity index (χ4v) is 4.69. The van der Waals surface area contributed by atoms with Crippen LogP contribution in [-0.2, 0) is 9.53 Å². The van der Waals surface area contributed by atoms with Gasteiger partial charge in [-0.15, -0.1) is 0 Å². The Kier molecular flexibility index (Phi) is 3.53. The summed E-state index contributed by atoms with van der Waals surface area (Å²) in [6.45, 7) is 0.123. The molecule has 0 saturated carbocycles. The first-order chi connectivity index (χ1) is 14.6. The third-order valence-corrected chi connectivity index (χ3v) is 6.05. The number of ketones is 3. The van der Waals surface area contributed by atoms with E-state index in [1.165, 1.54) is 0 Å². The molecule has 6 rings (SSSR count). The molecule has 0 saturated heterocycles. The molecule has 6 heteroatoms. The van der Waals surface area contributed by atoms with Crippen LogP contribution in [0.25, 0.3) is 0 Å². The van der Waals surface area contributed by atoms with Crippen LogP contribution in [0.5, 0.6) is 11.5 Å². The minimum absolute atomic E-state index is 0.0369. The molecular weight excluding hydrogens is 384 g/mol. The monoisotopic (exact) mass is 400 g/mol. The first-order valence-electron chi connectivity index (χ1n) is 9.89. The lowest BCUT2D eigenvalue weighted by molar-refractivity contribution is -0.116. The summed E-state index contributed by atoms with van der Waals surface area (Å²) in [4.78, 5) is 39.7. The third-order valence-electron chi connectivity index (χ3n) is 6.05. The number of allylic oxidation sites excluding steroid dienone is 4. The average Bonchev–Trinajstić information content (AvgIpc) is 3.24. The topological polar surface area (TPSA) is 78.9 Å². The highest BCUT2D eigenvalue weighted by Crippen LogP contribution is 2.49. The van der Waals surface area contributed by atoms with Crippen LogP contribution in [0.3, 0.4) is 0 Å². The van der Waals surface area contributed by atoms with Crippen LogP contribution >= 0.6 is 0 Å². The van der Waals surface area contributed by atoms with Crippen molar-refractivity contribution in [3.8, 4) is 11.5 Å². The molecule has 1 atom stereocenters. The molecule has 2 aromatic carbocycles. The molecule has 1 unspecified atom stereocenters. The number of carbonyl (C=O) groups excluding carboxylic acids is 3. The normalized spacial score (nSPS) is 21.9. The van der Waals surface area contributed by atoms with E-state index in [9.17, 15) is 14.4 Å². The second-order valence-corrected chi connectivity index (χ2v) is 7.71. The van der Waals surface area contributed by atoms with Gasteiger partial charge in [0.15, 0.2) is 28.8 Å². The van der Waals surface area contributed by atoms with E-state index in [-0.39, 0.29) is 35.5 Å². The Labute approximate surface area is 171 Å². The van der Waals surface area contributed by atoms with E-state index in [2.05, 4.69) is 0 Å². The molecule has 2 heterocycles. The van der Waals surface area contributed by atoms with Gasteiger partial charge in [-0.3, -0.25) is 14.4 Å². The third kappa shape index (κ3) is 2.27. The van der Waals surface area contributed by atoms with Crippen LogP contribution in [0.1, 0.15) is 51.5 Å². The highest BCUT2D eigenvalue weighted by Gasteiger charge is 2.46. The Hall–Kier alpha value is -3.67.